The fourth-order valence-corrected chi connectivity index (χ4v) is 2.14. The topological polar surface area (TPSA) is 29.1 Å². The summed E-state index contributed by atoms with van der Waals surface area (Å²) in [6.45, 7) is 4.45. The minimum atomic E-state index is -0.254. The average molecular weight is 285 g/mol. The highest BCUT2D eigenvalue weighted by Gasteiger charge is 2.13. The van der Waals surface area contributed by atoms with E-state index in [-0.39, 0.29) is 17.6 Å². The lowest BCUT2D eigenvalue weighted by molar-refractivity contribution is -0.124. The predicted octanol–water partition coefficient (Wildman–Crippen LogP) is 3.63. The SMILES string of the molecule is Cc1ccc(CNC(=O)C(C)Cc2ccc(F)cc2)cc1. The number of carbonyl (C=O) groups is 1. The van der Waals surface area contributed by atoms with Crippen LogP contribution in [0, 0.1) is 18.7 Å². The number of hydrogen-bond donors (Lipinski definition) is 1. The molecule has 2 nitrogen and oxygen atoms in total. The molecule has 21 heavy (non-hydrogen) atoms. The lowest BCUT2D eigenvalue weighted by atomic mass is 10.0. The van der Waals surface area contributed by atoms with Crippen molar-refractivity contribution in [3.8, 4) is 0 Å². The highest BCUT2D eigenvalue weighted by atomic mass is 19.1. The van der Waals surface area contributed by atoms with Crippen LogP contribution >= 0.6 is 0 Å². The molecule has 0 saturated heterocycles. The third-order valence-corrected chi connectivity index (χ3v) is 3.49. The second-order valence-corrected chi connectivity index (χ2v) is 5.44. The van der Waals surface area contributed by atoms with Gasteiger partial charge in [-0.3, -0.25) is 4.79 Å². The number of carbonyl (C=O) groups excluding carboxylic acids is 1. The molecule has 0 aliphatic heterocycles. The summed E-state index contributed by atoms with van der Waals surface area (Å²) in [4.78, 5) is 12.1. The van der Waals surface area contributed by atoms with Crippen LogP contribution in [0.15, 0.2) is 48.5 Å². The van der Waals surface area contributed by atoms with Crippen molar-refractivity contribution in [3.63, 3.8) is 0 Å². The molecule has 1 N–H and O–H groups in total. The summed E-state index contributed by atoms with van der Waals surface area (Å²) in [5, 5.41) is 2.94. The van der Waals surface area contributed by atoms with E-state index >= 15 is 0 Å². The maximum absolute atomic E-state index is 12.8. The molecule has 1 amide bonds. The van der Waals surface area contributed by atoms with E-state index in [0.29, 0.717) is 13.0 Å². The molecular formula is C18H20FNO. The lowest BCUT2D eigenvalue weighted by Gasteiger charge is -2.12. The molecule has 2 rings (SSSR count). The van der Waals surface area contributed by atoms with Gasteiger partial charge in [-0.05, 0) is 36.6 Å². The van der Waals surface area contributed by atoms with E-state index in [2.05, 4.69) is 5.32 Å². The average Bonchev–Trinajstić information content (AvgIpc) is 2.48. The zero-order valence-corrected chi connectivity index (χ0v) is 12.4. The Morgan fingerprint density at radius 1 is 1.05 bits per heavy atom. The Hall–Kier alpha value is -2.16. The second-order valence-electron chi connectivity index (χ2n) is 5.44. The van der Waals surface area contributed by atoms with Gasteiger partial charge < -0.3 is 5.32 Å². The first-order valence-electron chi connectivity index (χ1n) is 7.12. The molecule has 0 radical (unpaired) electrons. The summed E-state index contributed by atoms with van der Waals surface area (Å²) < 4.78 is 12.8. The quantitative estimate of drug-likeness (QED) is 0.893. The number of aryl methyl sites for hydroxylation is 1. The van der Waals surface area contributed by atoms with Crippen molar-refractivity contribution in [2.24, 2.45) is 5.92 Å². The van der Waals surface area contributed by atoms with Crippen molar-refractivity contribution in [3.05, 3.63) is 71.0 Å². The molecule has 1 unspecified atom stereocenters. The first kappa shape index (κ1) is 15.2. The van der Waals surface area contributed by atoms with Gasteiger partial charge in [0.2, 0.25) is 5.91 Å². The number of nitrogens with one attached hydrogen (secondary N) is 1. The molecule has 0 aliphatic rings. The molecule has 0 spiro atoms. The van der Waals surface area contributed by atoms with Crippen molar-refractivity contribution in [1.29, 1.82) is 0 Å². The minimum absolute atomic E-state index is 0.0138. The number of hydrogen-bond acceptors (Lipinski definition) is 1. The molecule has 0 saturated carbocycles. The standard InChI is InChI=1S/C18H20FNO/c1-13-3-5-16(6-4-13)12-20-18(21)14(2)11-15-7-9-17(19)10-8-15/h3-10,14H,11-12H2,1-2H3,(H,20,21). The molecule has 0 aliphatic carbocycles. The van der Waals surface area contributed by atoms with Gasteiger partial charge in [0.05, 0.1) is 0 Å². The van der Waals surface area contributed by atoms with Crippen LogP contribution < -0.4 is 5.32 Å². The number of amides is 1. The van der Waals surface area contributed by atoms with Crippen LogP contribution in [0.1, 0.15) is 23.6 Å². The fourth-order valence-electron chi connectivity index (χ4n) is 2.14. The smallest absolute Gasteiger partial charge is 0.223 e. The lowest BCUT2D eigenvalue weighted by Crippen LogP contribution is -2.29. The van der Waals surface area contributed by atoms with E-state index in [9.17, 15) is 9.18 Å². The summed E-state index contributed by atoms with van der Waals surface area (Å²) >= 11 is 0. The highest BCUT2D eigenvalue weighted by Crippen LogP contribution is 2.10. The van der Waals surface area contributed by atoms with Crippen LogP contribution in [-0.4, -0.2) is 5.91 Å². The molecule has 3 heteroatoms. The Kier molecular flexibility index (Phi) is 5.09. The Morgan fingerprint density at radius 2 is 1.62 bits per heavy atom. The highest BCUT2D eigenvalue weighted by molar-refractivity contribution is 5.78. The van der Waals surface area contributed by atoms with E-state index in [0.717, 1.165) is 11.1 Å². The first-order chi connectivity index (χ1) is 10.0. The zero-order chi connectivity index (χ0) is 15.2. The van der Waals surface area contributed by atoms with Gasteiger partial charge in [-0.1, -0.05) is 48.9 Å². The van der Waals surface area contributed by atoms with Crippen molar-refractivity contribution in [2.45, 2.75) is 26.8 Å². The van der Waals surface area contributed by atoms with Gasteiger partial charge in [0, 0.05) is 12.5 Å². The Labute approximate surface area is 125 Å². The molecule has 0 fully saturated rings. The van der Waals surface area contributed by atoms with Crippen LogP contribution in [0.25, 0.3) is 0 Å². The van der Waals surface area contributed by atoms with Crippen LogP contribution in [0.5, 0.6) is 0 Å². The summed E-state index contributed by atoms with van der Waals surface area (Å²) in [5.41, 5.74) is 3.26. The number of rotatable bonds is 5. The Balaban J connectivity index is 1.84. The van der Waals surface area contributed by atoms with E-state index in [1.807, 2.05) is 38.1 Å². The maximum atomic E-state index is 12.8. The van der Waals surface area contributed by atoms with Crippen molar-refractivity contribution < 1.29 is 9.18 Å². The molecule has 0 heterocycles. The normalized spacial score (nSPS) is 12.0. The molecular weight excluding hydrogens is 265 g/mol. The van der Waals surface area contributed by atoms with Gasteiger partial charge in [-0.15, -0.1) is 0 Å². The van der Waals surface area contributed by atoms with Gasteiger partial charge in [0.15, 0.2) is 0 Å². The van der Waals surface area contributed by atoms with Crippen LogP contribution in [0.3, 0.4) is 0 Å². The van der Waals surface area contributed by atoms with E-state index in [1.165, 1.54) is 17.7 Å². The zero-order valence-electron chi connectivity index (χ0n) is 12.4. The summed E-state index contributed by atoms with van der Waals surface area (Å²) in [5.74, 6) is -0.379. The van der Waals surface area contributed by atoms with Crippen molar-refractivity contribution in [1.82, 2.24) is 5.32 Å². The van der Waals surface area contributed by atoms with Crippen LogP contribution in [0.2, 0.25) is 0 Å². The van der Waals surface area contributed by atoms with E-state index < -0.39 is 0 Å². The Morgan fingerprint density at radius 3 is 2.24 bits per heavy atom. The largest absolute Gasteiger partial charge is 0.352 e. The molecule has 110 valence electrons. The fraction of sp³-hybridized carbons (Fsp3) is 0.278. The van der Waals surface area contributed by atoms with Crippen LogP contribution in [0.4, 0.5) is 4.39 Å². The number of benzene rings is 2. The summed E-state index contributed by atoms with van der Waals surface area (Å²) in [6, 6.07) is 14.4. The summed E-state index contributed by atoms with van der Waals surface area (Å²) in [7, 11) is 0. The monoisotopic (exact) mass is 285 g/mol. The van der Waals surface area contributed by atoms with Crippen molar-refractivity contribution >= 4 is 5.91 Å². The van der Waals surface area contributed by atoms with Gasteiger partial charge in [0.25, 0.3) is 0 Å². The minimum Gasteiger partial charge on any atom is -0.352 e. The van der Waals surface area contributed by atoms with E-state index in [1.54, 1.807) is 12.1 Å². The predicted molar refractivity (Wildman–Crippen MR) is 82.3 cm³/mol. The molecule has 2 aromatic carbocycles. The first-order valence-corrected chi connectivity index (χ1v) is 7.12. The van der Waals surface area contributed by atoms with Crippen molar-refractivity contribution in [2.75, 3.05) is 0 Å². The summed E-state index contributed by atoms with van der Waals surface area (Å²) in [6.07, 6.45) is 0.611. The van der Waals surface area contributed by atoms with Gasteiger partial charge >= 0.3 is 0 Å². The third-order valence-electron chi connectivity index (χ3n) is 3.49. The van der Waals surface area contributed by atoms with E-state index in [4.69, 9.17) is 0 Å². The maximum Gasteiger partial charge on any atom is 0.223 e. The molecule has 0 bridgehead atoms. The second kappa shape index (κ2) is 7.02. The Bertz CT molecular complexity index is 590. The molecule has 1 atom stereocenters. The third kappa shape index (κ3) is 4.71. The number of halogens is 1. The van der Waals surface area contributed by atoms with Gasteiger partial charge in [-0.2, -0.15) is 0 Å². The van der Waals surface area contributed by atoms with Crippen LogP contribution in [-0.2, 0) is 17.8 Å². The van der Waals surface area contributed by atoms with Gasteiger partial charge in [-0.25, -0.2) is 4.39 Å². The molecule has 0 aromatic heterocycles. The van der Waals surface area contributed by atoms with Gasteiger partial charge in [0.1, 0.15) is 5.82 Å². The molecule has 2 aromatic rings.